The summed E-state index contributed by atoms with van der Waals surface area (Å²) in [7, 11) is 0. The molecule has 1 aliphatic carbocycles. The second-order valence-corrected chi connectivity index (χ2v) is 6.59. The van der Waals surface area contributed by atoms with Gasteiger partial charge in [-0.1, -0.05) is 25.5 Å². The monoisotopic (exact) mass is 294 g/mol. The molecule has 1 aromatic heterocycles. The molecule has 1 aromatic rings. The van der Waals surface area contributed by atoms with Crippen molar-refractivity contribution in [1.82, 2.24) is 4.98 Å². The molecule has 0 bridgehead atoms. The van der Waals surface area contributed by atoms with Crippen molar-refractivity contribution in [3.63, 3.8) is 0 Å². The number of rotatable bonds is 2. The van der Waals surface area contributed by atoms with Crippen molar-refractivity contribution < 1.29 is 0 Å². The number of nitrogens with two attached hydrogens (primary N) is 1. The smallest absolute Gasteiger partial charge is 0.0444 e. The molecule has 0 spiro atoms. The number of hydrogen-bond acceptors (Lipinski definition) is 2. The van der Waals surface area contributed by atoms with E-state index in [1.54, 1.807) is 0 Å². The van der Waals surface area contributed by atoms with Crippen LogP contribution in [0, 0.1) is 5.41 Å². The van der Waals surface area contributed by atoms with Gasteiger partial charge in [0.05, 0.1) is 0 Å². The Hall–Kier alpha value is -0.670. The minimum atomic E-state index is 0.198. The van der Waals surface area contributed by atoms with Gasteiger partial charge < -0.3 is 5.73 Å². The first-order valence-electron chi connectivity index (χ1n) is 6.00. The third kappa shape index (κ3) is 3.65. The Kier molecular flexibility index (Phi) is 3.69. The molecule has 92 valence electrons. The van der Waals surface area contributed by atoms with Gasteiger partial charge in [0.15, 0.2) is 0 Å². The molecular weight excluding hydrogens is 276 g/mol. The zero-order valence-electron chi connectivity index (χ0n) is 10.4. The molecule has 0 radical (unpaired) electrons. The highest BCUT2D eigenvalue weighted by Crippen LogP contribution is 2.35. The molecular formula is C14H19BrN2. The normalized spacial score (nSPS) is 23.3. The standard InChI is InChI=1S/C14H19BrN2/c1-14(2)7-10(5-12(16)8-14)6-13-4-3-11(15)9-17-13/h3-5,9,12H,6-8,16H2,1-2H3. The minimum Gasteiger partial charge on any atom is -0.324 e. The Labute approximate surface area is 111 Å². The van der Waals surface area contributed by atoms with Gasteiger partial charge in [-0.05, 0) is 46.3 Å². The van der Waals surface area contributed by atoms with Gasteiger partial charge in [0.1, 0.15) is 0 Å². The summed E-state index contributed by atoms with van der Waals surface area (Å²) in [5, 5.41) is 0. The third-order valence-corrected chi connectivity index (χ3v) is 3.61. The first-order chi connectivity index (χ1) is 7.94. The van der Waals surface area contributed by atoms with Gasteiger partial charge >= 0.3 is 0 Å². The van der Waals surface area contributed by atoms with E-state index in [1.165, 1.54) is 5.57 Å². The SMILES string of the molecule is CC1(C)CC(Cc2ccc(Br)cn2)=CC(N)C1. The van der Waals surface area contributed by atoms with E-state index < -0.39 is 0 Å². The van der Waals surface area contributed by atoms with Crippen LogP contribution < -0.4 is 5.73 Å². The number of allylic oxidation sites excluding steroid dienone is 1. The quantitative estimate of drug-likeness (QED) is 0.849. The third-order valence-electron chi connectivity index (χ3n) is 3.14. The van der Waals surface area contributed by atoms with Crippen LogP contribution in [0.3, 0.4) is 0 Å². The molecule has 2 rings (SSSR count). The average molecular weight is 295 g/mol. The summed E-state index contributed by atoms with van der Waals surface area (Å²) in [6.07, 6.45) is 7.19. The Morgan fingerprint density at radius 1 is 1.47 bits per heavy atom. The van der Waals surface area contributed by atoms with E-state index in [2.05, 4.69) is 46.9 Å². The van der Waals surface area contributed by atoms with Crippen molar-refractivity contribution in [3.8, 4) is 0 Å². The zero-order chi connectivity index (χ0) is 12.5. The Balaban J connectivity index is 2.11. The van der Waals surface area contributed by atoms with Gasteiger partial charge in [0.2, 0.25) is 0 Å². The first kappa shape index (κ1) is 12.8. The second kappa shape index (κ2) is 4.91. The van der Waals surface area contributed by atoms with Gasteiger partial charge in [-0.25, -0.2) is 0 Å². The van der Waals surface area contributed by atoms with Crippen LogP contribution in [-0.4, -0.2) is 11.0 Å². The molecule has 0 aliphatic heterocycles. The summed E-state index contributed by atoms with van der Waals surface area (Å²) >= 11 is 3.40. The van der Waals surface area contributed by atoms with Gasteiger partial charge in [-0.2, -0.15) is 0 Å². The van der Waals surface area contributed by atoms with Gasteiger partial charge in [-0.3, -0.25) is 4.98 Å². The molecule has 1 heterocycles. The zero-order valence-corrected chi connectivity index (χ0v) is 12.0. The van der Waals surface area contributed by atoms with Crippen molar-refractivity contribution >= 4 is 15.9 Å². The number of aromatic nitrogens is 1. The highest BCUT2D eigenvalue weighted by atomic mass is 79.9. The van der Waals surface area contributed by atoms with Crippen LogP contribution in [0.5, 0.6) is 0 Å². The molecule has 1 aliphatic rings. The fraction of sp³-hybridized carbons (Fsp3) is 0.500. The van der Waals surface area contributed by atoms with Gasteiger partial charge in [0.25, 0.3) is 0 Å². The highest BCUT2D eigenvalue weighted by Gasteiger charge is 2.26. The van der Waals surface area contributed by atoms with Crippen LogP contribution in [0.25, 0.3) is 0 Å². The number of halogens is 1. The number of nitrogens with zero attached hydrogens (tertiary/aromatic N) is 1. The molecule has 17 heavy (non-hydrogen) atoms. The van der Waals surface area contributed by atoms with Crippen LogP contribution in [-0.2, 0) is 6.42 Å². The first-order valence-corrected chi connectivity index (χ1v) is 6.79. The maximum Gasteiger partial charge on any atom is 0.0444 e. The summed E-state index contributed by atoms with van der Waals surface area (Å²) < 4.78 is 1.02. The predicted octanol–water partition coefficient (Wildman–Crippen LogP) is 3.46. The van der Waals surface area contributed by atoms with Crippen molar-refractivity contribution in [2.45, 2.75) is 39.2 Å². The summed E-state index contributed by atoms with van der Waals surface area (Å²) in [5.74, 6) is 0. The van der Waals surface area contributed by atoms with Crippen LogP contribution in [0.4, 0.5) is 0 Å². The second-order valence-electron chi connectivity index (χ2n) is 5.68. The topological polar surface area (TPSA) is 38.9 Å². The van der Waals surface area contributed by atoms with E-state index >= 15 is 0 Å². The minimum absolute atomic E-state index is 0.198. The maximum absolute atomic E-state index is 6.07. The molecule has 0 saturated carbocycles. The molecule has 0 aromatic carbocycles. The van der Waals surface area contributed by atoms with Crippen LogP contribution >= 0.6 is 15.9 Å². The summed E-state index contributed by atoms with van der Waals surface area (Å²) in [4.78, 5) is 4.42. The Bertz CT molecular complexity index is 420. The van der Waals surface area contributed by atoms with Crippen molar-refractivity contribution in [2.24, 2.45) is 11.1 Å². The summed E-state index contributed by atoms with van der Waals surface area (Å²) in [6.45, 7) is 4.57. The lowest BCUT2D eigenvalue weighted by Gasteiger charge is -2.33. The van der Waals surface area contributed by atoms with E-state index in [1.807, 2.05) is 12.3 Å². The Morgan fingerprint density at radius 2 is 2.24 bits per heavy atom. The van der Waals surface area contributed by atoms with Crippen LogP contribution in [0.1, 0.15) is 32.4 Å². The number of pyridine rings is 1. The van der Waals surface area contributed by atoms with Gasteiger partial charge in [0, 0.05) is 28.8 Å². The lowest BCUT2D eigenvalue weighted by Crippen LogP contribution is -2.31. The maximum atomic E-state index is 6.07. The van der Waals surface area contributed by atoms with E-state index in [-0.39, 0.29) is 6.04 Å². The van der Waals surface area contributed by atoms with Crippen molar-refractivity contribution in [2.75, 3.05) is 0 Å². The van der Waals surface area contributed by atoms with Crippen LogP contribution in [0.15, 0.2) is 34.5 Å². The number of hydrogen-bond donors (Lipinski definition) is 1. The van der Waals surface area contributed by atoms with Crippen LogP contribution in [0.2, 0.25) is 0 Å². The fourth-order valence-corrected chi connectivity index (χ4v) is 2.85. The summed E-state index contributed by atoms with van der Waals surface area (Å²) in [6, 6.07) is 4.30. The van der Waals surface area contributed by atoms with E-state index in [0.717, 1.165) is 29.4 Å². The lowest BCUT2D eigenvalue weighted by atomic mass is 9.74. The van der Waals surface area contributed by atoms with Crippen molar-refractivity contribution in [3.05, 3.63) is 40.1 Å². The molecule has 0 saturated heterocycles. The average Bonchev–Trinajstić information content (AvgIpc) is 2.18. The molecule has 2 nitrogen and oxygen atoms in total. The summed E-state index contributed by atoms with van der Waals surface area (Å²) in [5.41, 5.74) is 8.93. The van der Waals surface area contributed by atoms with Gasteiger partial charge in [-0.15, -0.1) is 0 Å². The lowest BCUT2D eigenvalue weighted by molar-refractivity contribution is 0.299. The highest BCUT2D eigenvalue weighted by molar-refractivity contribution is 9.10. The van der Waals surface area contributed by atoms with E-state index in [4.69, 9.17) is 5.73 Å². The van der Waals surface area contributed by atoms with E-state index in [9.17, 15) is 0 Å². The largest absolute Gasteiger partial charge is 0.324 e. The molecule has 0 amide bonds. The molecule has 1 unspecified atom stereocenters. The molecule has 3 heteroatoms. The molecule has 2 N–H and O–H groups in total. The van der Waals surface area contributed by atoms with Crippen molar-refractivity contribution in [1.29, 1.82) is 0 Å². The Morgan fingerprint density at radius 3 is 2.82 bits per heavy atom. The molecule has 0 fully saturated rings. The van der Waals surface area contributed by atoms with E-state index in [0.29, 0.717) is 5.41 Å². The predicted molar refractivity (Wildman–Crippen MR) is 74.7 cm³/mol. The fourth-order valence-electron chi connectivity index (χ4n) is 2.61. The molecule has 1 atom stereocenters.